The van der Waals surface area contributed by atoms with Crippen LogP contribution in [0.3, 0.4) is 0 Å². The van der Waals surface area contributed by atoms with Crippen molar-refractivity contribution in [2.45, 2.75) is 6.42 Å². The molecule has 1 aromatic rings. The summed E-state index contributed by atoms with van der Waals surface area (Å²) in [6.07, 6.45) is 2.38. The van der Waals surface area contributed by atoms with Crippen molar-refractivity contribution in [1.82, 2.24) is 0 Å². The normalized spacial score (nSPS) is 14.8. The van der Waals surface area contributed by atoms with Crippen LogP contribution in [-0.4, -0.2) is 17.0 Å². The van der Waals surface area contributed by atoms with Crippen molar-refractivity contribution in [1.29, 1.82) is 0 Å². The molecular formula is C10H8N2S. The van der Waals surface area contributed by atoms with Gasteiger partial charge in [0.25, 0.3) is 0 Å². The van der Waals surface area contributed by atoms with E-state index < -0.39 is 0 Å². The van der Waals surface area contributed by atoms with Crippen molar-refractivity contribution in [2.24, 2.45) is 9.98 Å². The third-order valence-corrected chi connectivity index (χ3v) is 1.97. The minimum absolute atomic E-state index is 0.575. The second kappa shape index (κ2) is 3.58. The smallest absolute Gasteiger partial charge is 0.146 e. The van der Waals surface area contributed by atoms with Gasteiger partial charge in [-0.3, -0.25) is 0 Å². The van der Waals surface area contributed by atoms with Crippen LogP contribution in [0.1, 0.15) is 5.56 Å². The van der Waals surface area contributed by atoms with E-state index in [1.165, 1.54) is 5.56 Å². The molecule has 13 heavy (non-hydrogen) atoms. The minimum atomic E-state index is 0.575. The lowest BCUT2D eigenvalue weighted by atomic mass is 10.1. The molecule has 1 aliphatic heterocycles. The molecule has 64 valence electrons. The van der Waals surface area contributed by atoms with Crippen LogP contribution in [-0.2, 0) is 6.42 Å². The van der Waals surface area contributed by atoms with Crippen LogP contribution in [0.2, 0.25) is 0 Å². The quantitative estimate of drug-likeness (QED) is 0.652. The minimum Gasteiger partial charge on any atom is -0.238 e. The van der Waals surface area contributed by atoms with Gasteiger partial charge in [0, 0.05) is 6.42 Å². The van der Waals surface area contributed by atoms with Gasteiger partial charge in [-0.15, -0.1) is 0 Å². The predicted octanol–water partition coefficient (Wildman–Crippen LogP) is 2.04. The molecule has 0 fully saturated rings. The van der Waals surface area contributed by atoms with Gasteiger partial charge in [0.05, 0.1) is 6.21 Å². The Morgan fingerprint density at radius 3 is 2.54 bits per heavy atom. The summed E-state index contributed by atoms with van der Waals surface area (Å²) >= 11 is 4.88. The number of thiocarbonyl (C=S) groups is 1. The Balaban J connectivity index is 2.12. The Labute approximate surface area is 82.0 Å². The number of hydrogen-bond acceptors (Lipinski definition) is 2. The molecule has 0 saturated carbocycles. The molecule has 0 unspecified atom stereocenters. The second-order valence-electron chi connectivity index (χ2n) is 2.79. The Bertz CT molecular complexity index is 379. The summed E-state index contributed by atoms with van der Waals surface area (Å²) in [5.74, 6) is 0.802. The average Bonchev–Trinajstić information content (AvgIpc) is 2.53. The summed E-state index contributed by atoms with van der Waals surface area (Å²) in [7, 11) is 0. The first kappa shape index (κ1) is 8.26. The summed E-state index contributed by atoms with van der Waals surface area (Å²) < 4.78 is 0. The average molecular weight is 188 g/mol. The Morgan fingerprint density at radius 1 is 1.15 bits per heavy atom. The zero-order chi connectivity index (χ0) is 9.10. The zero-order valence-electron chi connectivity index (χ0n) is 6.97. The topological polar surface area (TPSA) is 24.7 Å². The first-order valence-corrected chi connectivity index (χ1v) is 4.45. The van der Waals surface area contributed by atoms with Crippen LogP contribution in [0.15, 0.2) is 40.3 Å². The molecule has 2 nitrogen and oxygen atoms in total. The molecule has 0 aliphatic carbocycles. The SMILES string of the molecule is S=C1C=NC(Cc2ccccc2)=N1. The third-order valence-electron chi connectivity index (χ3n) is 1.77. The number of nitrogens with zero attached hydrogens (tertiary/aromatic N) is 2. The van der Waals surface area contributed by atoms with Crippen LogP contribution in [0.4, 0.5) is 0 Å². The molecule has 0 radical (unpaired) electrons. The molecule has 1 heterocycles. The van der Waals surface area contributed by atoms with Gasteiger partial charge >= 0.3 is 0 Å². The Hall–Kier alpha value is -1.35. The van der Waals surface area contributed by atoms with E-state index in [1.807, 2.05) is 18.2 Å². The van der Waals surface area contributed by atoms with Crippen molar-refractivity contribution in [3.8, 4) is 0 Å². The van der Waals surface area contributed by atoms with Crippen molar-refractivity contribution in [3.63, 3.8) is 0 Å². The Kier molecular flexibility index (Phi) is 2.27. The molecule has 0 amide bonds. The summed E-state index contributed by atoms with van der Waals surface area (Å²) in [4.78, 5) is 8.78. The van der Waals surface area contributed by atoms with E-state index in [0.717, 1.165) is 12.3 Å². The van der Waals surface area contributed by atoms with E-state index in [9.17, 15) is 0 Å². The van der Waals surface area contributed by atoms with Gasteiger partial charge in [-0.25, -0.2) is 9.98 Å². The molecule has 0 spiro atoms. The number of rotatable bonds is 2. The number of aliphatic imine (C=N–C) groups is 2. The van der Waals surface area contributed by atoms with E-state index in [-0.39, 0.29) is 0 Å². The molecule has 3 heteroatoms. The molecule has 0 saturated heterocycles. The third kappa shape index (κ3) is 2.06. The van der Waals surface area contributed by atoms with E-state index in [0.29, 0.717) is 4.99 Å². The number of amidine groups is 1. The van der Waals surface area contributed by atoms with Crippen LogP contribution in [0.5, 0.6) is 0 Å². The molecule has 2 rings (SSSR count). The van der Waals surface area contributed by atoms with Gasteiger partial charge in [-0.05, 0) is 5.56 Å². The molecular weight excluding hydrogens is 180 g/mol. The van der Waals surface area contributed by atoms with E-state index >= 15 is 0 Å². The maximum Gasteiger partial charge on any atom is 0.146 e. The number of benzene rings is 1. The molecule has 0 N–H and O–H groups in total. The first-order valence-electron chi connectivity index (χ1n) is 4.04. The summed E-state index contributed by atoms with van der Waals surface area (Å²) in [6.45, 7) is 0. The molecule has 1 aromatic carbocycles. The van der Waals surface area contributed by atoms with Crippen LogP contribution >= 0.6 is 12.2 Å². The van der Waals surface area contributed by atoms with Gasteiger partial charge in [0.15, 0.2) is 0 Å². The lowest BCUT2D eigenvalue weighted by molar-refractivity contribution is 1.30. The Morgan fingerprint density at radius 2 is 1.92 bits per heavy atom. The monoisotopic (exact) mass is 188 g/mol. The molecule has 0 bridgehead atoms. The van der Waals surface area contributed by atoms with Crippen molar-refractivity contribution < 1.29 is 0 Å². The maximum atomic E-state index is 4.88. The van der Waals surface area contributed by atoms with Crippen LogP contribution < -0.4 is 0 Å². The largest absolute Gasteiger partial charge is 0.238 e. The van der Waals surface area contributed by atoms with Crippen molar-refractivity contribution in [3.05, 3.63) is 35.9 Å². The fourth-order valence-corrected chi connectivity index (χ4v) is 1.34. The van der Waals surface area contributed by atoms with E-state index in [1.54, 1.807) is 6.21 Å². The van der Waals surface area contributed by atoms with Gasteiger partial charge in [-0.2, -0.15) is 0 Å². The van der Waals surface area contributed by atoms with Gasteiger partial charge in [0.2, 0.25) is 0 Å². The number of hydrogen-bond donors (Lipinski definition) is 0. The molecule has 1 aliphatic rings. The highest BCUT2D eigenvalue weighted by molar-refractivity contribution is 7.81. The van der Waals surface area contributed by atoms with Crippen LogP contribution in [0.25, 0.3) is 0 Å². The lowest BCUT2D eigenvalue weighted by Crippen LogP contribution is -1.96. The molecule has 0 atom stereocenters. The van der Waals surface area contributed by atoms with Gasteiger partial charge in [-0.1, -0.05) is 42.5 Å². The predicted molar refractivity (Wildman–Crippen MR) is 58.7 cm³/mol. The summed E-state index contributed by atoms with van der Waals surface area (Å²) in [6, 6.07) is 10.1. The van der Waals surface area contributed by atoms with Crippen molar-refractivity contribution in [2.75, 3.05) is 0 Å². The van der Waals surface area contributed by atoms with E-state index in [2.05, 4.69) is 22.1 Å². The first-order chi connectivity index (χ1) is 6.34. The standard InChI is InChI=1S/C10H8N2S/c13-10-7-11-9(12-10)6-8-4-2-1-3-5-8/h1-5,7H,6H2. The van der Waals surface area contributed by atoms with Crippen LogP contribution in [0, 0.1) is 0 Å². The fraction of sp³-hybridized carbons (Fsp3) is 0.100. The summed E-state index contributed by atoms with van der Waals surface area (Å²) in [5.41, 5.74) is 1.21. The lowest BCUT2D eigenvalue weighted by Gasteiger charge is -1.96. The second-order valence-corrected chi connectivity index (χ2v) is 3.21. The van der Waals surface area contributed by atoms with E-state index in [4.69, 9.17) is 12.2 Å². The fourth-order valence-electron chi connectivity index (χ4n) is 1.18. The maximum absolute atomic E-state index is 4.88. The highest BCUT2D eigenvalue weighted by atomic mass is 32.1. The summed E-state index contributed by atoms with van der Waals surface area (Å²) in [5, 5.41) is 0. The van der Waals surface area contributed by atoms with Gasteiger partial charge in [0.1, 0.15) is 10.8 Å². The highest BCUT2D eigenvalue weighted by Gasteiger charge is 2.05. The van der Waals surface area contributed by atoms with Crippen molar-refractivity contribution >= 4 is 29.3 Å². The zero-order valence-corrected chi connectivity index (χ0v) is 7.79. The highest BCUT2D eigenvalue weighted by Crippen LogP contribution is 2.04. The van der Waals surface area contributed by atoms with Gasteiger partial charge < -0.3 is 0 Å². The molecule has 0 aromatic heterocycles.